The molecule has 0 bridgehead atoms. The second kappa shape index (κ2) is 13.7. The van der Waals surface area contributed by atoms with E-state index < -0.39 is 7.14 Å². The van der Waals surface area contributed by atoms with Crippen molar-refractivity contribution in [3.63, 3.8) is 0 Å². The average molecular weight is 351 g/mol. The summed E-state index contributed by atoms with van der Waals surface area (Å²) in [5.74, 6) is 0. The predicted molar refractivity (Wildman–Crippen MR) is 110 cm³/mol. The van der Waals surface area contributed by atoms with Gasteiger partial charge in [0, 0.05) is 17.6 Å². The van der Waals surface area contributed by atoms with Crippen molar-refractivity contribution in [2.45, 2.75) is 90.9 Å². The van der Waals surface area contributed by atoms with E-state index >= 15 is 0 Å². The second-order valence-corrected chi connectivity index (χ2v) is 10.4. The zero-order chi connectivity index (χ0) is 17.5. The molecule has 0 unspecified atom stereocenters. The van der Waals surface area contributed by atoms with Crippen LogP contribution in [0, 0.1) is 0 Å². The Hall–Kier alpha value is -0.550. The van der Waals surface area contributed by atoms with Gasteiger partial charge in [-0.3, -0.25) is 0 Å². The van der Waals surface area contributed by atoms with Crippen molar-refractivity contribution >= 4 is 12.4 Å². The molecule has 0 amide bonds. The van der Waals surface area contributed by atoms with Crippen LogP contribution in [0.15, 0.2) is 30.3 Å². The zero-order valence-corrected chi connectivity index (χ0v) is 17.0. The molecule has 1 nitrogen and oxygen atoms in total. The van der Waals surface area contributed by atoms with E-state index in [1.807, 2.05) is 18.2 Å². The third-order valence-corrected chi connectivity index (χ3v) is 8.29. The number of benzene rings is 1. The zero-order valence-electron chi connectivity index (χ0n) is 16.1. The first kappa shape index (κ1) is 21.5. The molecule has 1 aromatic carbocycles. The van der Waals surface area contributed by atoms with Gasteiger partial charge in [0.1, 0.15) is 7.14 Å². The molecular formula is C22H39OP. The van der Waals surface area contributed by atoms with Gasteiger partial charge in [-0.2, -0.15) is 0 Å². The molecule has 1 rings (SSSR count). The van der Waals surface area contributed by atoms with Crippen molar-refractivity contribution in [1.82, 2.24) is 0 Å². The average Bonchev–Trinajstić information content (AvgIpc) is 2.62. The van der Waals surface area contributed by atoms with E-state index in [-0.39, 0.29) is 0 Å². The highest BCUT2D eigenvalue weighted by atomic mass is 31.2. The normalized spacial score (nSPS) is 11.8. The maximum absolute atomic E-state index is 13.6. The minimum Gasteiger partial charge on any atom is -0.319 e. The molecule has 0 atom stereocenters. The highest BCUT2D eigenvalue weighted by molar-refractivity contribution is 7.71. The van der Waals surface area contributed by atoms with Crippen LogP contribution in [0.25, 0.3) is 0 Å². The van der Waals surface area contributed by atoms with Crippen molar-refractivity contribution in [3.8, 4) is 0 Å². The molecule has 0 radical (unpaired) electrons. The Morgan fingerprint density at radius 1 is 0.625 bits per heavy atom. The molecule has 0 aromatic heterocycles. The Morgan fingerprint density at radius 2 is 1.04 bits per heavy atom. The fraction of sp³-hybridized carbons (Fsp3) is 0.727. The maximum Gasteiger partial charge on any atom is 0.115 e. The predicted octanol–water partition coefficient (Wildman–Crippen LogP) is 7.40. The van der Waals surface area contributed by atoms with E-state index in [9.17, 15) is 4.57 Å². The van der Waals surface area contributed by atoms with Gasteiger partial charge in [-0.15, -0.1) is 0 Å². The van der Waals surface area contributed by atoms with Gasteiger partial charge in [0.05, 0.1) is 0 Å². The summed E-state index contributed by atoms with van der Waals surface area (Å²) in [6.07, 6.45) is 17.1. The summed E-state index contributed by atoms with van der Waals surface area (Å²) in [5.41, 5.74) is 0. The Labute approximate surface area is 151 Å². The molecule has 0 heterocycles. The lowest BCUT2D eigenvalue weighted by Gasteiger charge is -2.19. The van der Waals surface area contributed by atoms with E-state index in [1.165, 1.54) is 64.2 Å². The van der Waals surface area contributed by atoms with Crippen LogP contribution < -0.4 is 5.30 Å². The summed E-state index contributed by atoms with van der Waals surface area (Å²) in [5, 5.41) is 1.12. The molecule has 0 spiro atoms. The molecule has 0 fully saturated rings. The summed E-state index contributed by atoms with van der Waals surface area (Å²) >= 11 is 0. The highest BCUT2D eigenvalue weighted by Crippen LogP contribution is 2.46. The summed E-state index contributed by atoms with van der Waals surface area (Å²) in [7, 11) is -2.18. The van der Waals surface area contributed by atoms with Crippen LogP contribution in [0.3, 0.4) is 0 Å². The SMILES string of the molecule is CCCCCCCCP(=O)(CCCCCCCC)c1ccccc1. The fourth-order valence-electron chi connectivity index (χ4n) is 3.36. The minimum atomic E-state index is -2.18. The van der Waals surface area contributed by atoms with Crippen LogP contribution in [0.2, 0.25) is 0 Å². The maximum atomic E-state index is 13.6. The lowest BCUT2D eigenvalue weighted by molar-refractivity contribution is 0.567. The molecule has 0 aliphatic heterocycles. The summed E-state index contributed by atoms with van der Waals surface area (Å²) in [4.78, 5) is 0. The topological polar surface area (TPSA) is 17.1 Å². The third kappa shape index (κ3) is 9.07. The fourth-order valence-corrected chi connectivity index (χ4v) is 6.29. The van der Waals surface area contributed by atoms with Crippen molar-refractivity contribution in [1.29, 1.82) is 0 Å². The first-order valence-electron chi connectivity index (χ1n) is 10.4. The van der Waals surface area contributed by atoms with Crippen molar-refractivity contribution in [2.24, 2.45) is 0 Å². The van der Waals surface area contributed by atoms with E-state index in [0.717, 1.165) is 30.5 Å². The van der Waals surface area contributed by atoms with Gasteiger partial charge in [-0.1, -0.05) is 108 Å². The van der Waals surface area contributed by atoms with Gasteiger partial charge in [0.25, 0.3) is 0 Å². The number of unbranched alkanes of at least 4 members (excludes halogenated alkanes) is 10. The number of hydrogen-bond donors (Lipinski definition) is 0. The lowest BCUT2D eigenvalue weighted by Crippen LogP contribution is -2.11. The second-order valence-electron chi connectivity index (χ2n) is 7.21. The molecule has 0 aliphatic carbocycles. The van der Waals surface area contributed by atoms with Crippen LogP contribution in [-0.4, -0.2) is 12.3 Å². The van der Waals surface area contributed by atoms with Gasteiger partial charge in [-0.25, -0.2) is 0 Å². The van der Waals surface area contributed by atoms with Crippen LogP contribution in [-0.2, 0) is 4.57 Å². The first-order chi connectivity index (χ1) is 11.7. The highest BCUT2D eigenvalue weighted by Gasteiger charge is 2.23. The van der Waals surface area contributed by atoms with E-state index in [4.69, 9.17) is 0 Å². The third-order valence-electron chi connectivity index (χ3n) is 4.97. The summed E-state index contributed by atoms with van der Waals surface area (Å²) in [6, 6.07) is 10.3. The minimum absolute atomic E-state index is 0.915. The van der Waals surface area contributed by atoms with Gasteiger partial charge in [0.15, 0.2) is 0 Å². The standard InChI is InChI=1S/C22H39OP/c1-3-5-7-9-11-16-20-24(23,22-18-14-13-15-19-22)21-17-12-10-8-6-4-2/h13-15,18-19H,3-12,16-17,20-21H2,1-2H3. The van der Waals surface area contributed by atoms with Gasteiger partial charge < -0.3 is 4.57 Å². The van der Waals surface area contributed by atoms with Gasteiger partial charge in [0.2, 0.25) is 0 Å². The molecular weight excluding hydrogens is 311 g/mol. The molecule has 0 saturated carbocycles. The van der Waals surface area contributed by atoms with Crippen molar-refractivity contribution in [3.05, 3.63) is 30.3 Å². The first-order valence-corrected chi connectivity index (χ1v) is 12.4. The summed E-state index contributed by atoms with van der Waals surface area (Å²) < 4.78 is 13.6. The Kier molecular flexibility index (Phi) is 12.3. The van der Waals surface area contributed by atoms with Crippen LogP contribution in [0.4, 0.5) is 0 Å². The Bertz CT molecular complexity index is 421. The largest absolute Gasteiger partial charge is 0.319 e. The van der Waals surface area contributed by atoms with E-state index in [0.29, 0.717) is 0 Å². The van der Waals surface area contributed by atoms with E-state index in [2.05, 4.69) is 26.0 Å². The molecule has 0 N–H and O–H groups in total. The molecule has 0 aliphatic rings. The van der Waals surface area contributed by atoms with Gasteiger partial charge >= 0.3 is 0 Å². The Balaban J connectivity index is 2.43. The van der Waals surface area contributed by atoms with E-state index in [1.54, 1.807) is 0 Å². The smallest absolute Gasteiger partial charge is 0.115 e. The van der Waals surface area contributed by atoms with Crippen LogP contribution >= 0.6 is 7.14 Å². The molecule has 24 heavy (non-hydrogen) atoms. The van der Waals surface area contributed by atoms with Gasteiger partial charge in [-0.05, 0) is 12.8 Å². The molecule has 2 heteroatoms. The Morgan fingerprint density at radius 3 is 1.50 bits per heavy atom. The lowest BCUT2D eigenvalue weighted by atomic mass is 10.1. The van der Waals surface area contributed by atoms with Crippen LogP contribution in [0.5, 0.6) is 0 Å². The summed E-state index contributed by atoms with van der Waals surface area (Å²) in [6.45, 7) is 4.51. The van der Waals surface area contributed by atoms with Crippen molar-refractivity contribution in [2.75, 3.05) is 12.3 Å². The number of rotatable bonds is 15. The van der Waals surface area contributed by atoms with Crippen LogP contribution in [0.1, 0.15) is 90.9 Å². The number of hydrogen-bond acceptors (Lipinski definition) is 1. The monoisotopic (exact) mass is 350 g/mol. The van der Waals surface area contributed by atoms with Crippen molar-refractivity contribution < 1.29 is 4.57 Å². The molecule has 1 aromatic rings. The molecule has 138 valence electrons. The molecule has 0 saturated heterocycles. The quantitative estimate of drug-likeness (QED) is 0.238.